The van der Waals surface area contributed by atoms with Crippen LogP contribution >= 0.6 is 15.9 Å². The Morgan fingerprint density at radius 3 is 2.88 bits per heavy atom. The number of aromatic nitrogens is 4. The number of ether oxygens (including phenoxy) is 1. The molecule has 0 aliphatic rings. The summed E-state index contributed by atoms with van der Waals surface area (Å²) in [5, 5.41) is 8.34. The molecule has 3 aromatic rings. The van der Waals surface area contributed by atoms with E-state index in [1.807, 2.05) is 38.1 Å². The Kier molecular flexibility index (Phi) is 4.48. The lowest BCUT2D eigenvalue weighted by Gasteiger charge is -2.02. The molecule has 0 amide bonds. The Morgan fingerprint density at radius 2 is 2.17 bits per heavy atom. The smallest absolute Gasteiger partial charge is 0.327 e. The minimum absolute atomic E-state index is 0.0412. The number of nitrogens with zero attached hydrogens (tertiary/aromatic N) is 4. The van der Waals surface area contributed by atoms with Crippen LogP contribution in [0.5, 0.6) is 0 Å². The highest BCUT2D eigenvalue weighted by Gasteiger charge is 2.22. The van der Waals surface area contributed by atoms with Crippen LogP contribution in [0.1, 0.15) is 11.3 Å². The van der Waals surface area contributed by atoms with Gasteiger partial charge in [0, 0.05) is 5.56 Å². The summed E-state index contributed by atoms with van der Waals surface area (Å²) in [5.41, 5.74) is 3.22. The molecule has 2 aromatic heterocycles. The summed E-state index contributed by atoms with van der Waals surface area (Å²) in [6, 6.07) is 7.81. The first-order valence-electron chi connectivity index (χ1n) is 7.20. The van der Waals surface area contributed by atoms with Crippen molar-refractivity contribution in [2.45, 2.75) is 20.4 Å². The van der Waals surface area contributed by atoms with Gasteiger partial charge in [0.15, 0.2) is 0 Å². The summed E-state index contributed by atoms with van der Waals surface area (Å²) < 4.78 is 12.3. The fraction of sp³-hybridized carbons (Fsp3) is 0.250. The van der Waals surface area contributed by atoms with Crippen molar-refractivity contribution < 1.29 is 14.1 Å². The largest absolute Gasteiger partial charge is 0.468 e. The second-order valence-corrected chi connectivity index (χ2v) is 6.07. The molecule has 124 valence electrons. The predicted octanol–water partition coefficient (Wildman–Crippen LogP) is 3.15. The standard InChI is InChI=1S/C16H15BrN4O3/c1-9-5-4-6-11(7-9)15-18-16(24-20-15)14-13(17)10(2)19-21(14)8-12(22)23-3/h4-7H,8H2,1-3H3. The van der Waals surface area contributed by atoms with Crippen LogP contribution in [0.25, 0.3) is 23.0 Å². The van der Waals surface area contributed by atoms with Crippen molar-refractivity contribution in [1.29, 1.82) is 0 Å². The molecule has 2 heterocycles. The Morgan fingerprint density at radius 1 is 1.38 bits per heavy atom. The van der Waals surface area contributed by atoms with Gasteiger partial charge in [-0.15, -0.1) is 0 Å². The second kappa shape index (κ2) is 6.56. The van der Waals surface area contributed by atoms with Gasteiger partial charge in [-0.05, 0) is 35.8 Å². The van der Waals surface area contributed by atoms with E-state index in [0.717, 1.165) is 11.1 Å². The Labute approximate surface area is 146 Å². The molecular weight excluding hydrogens is 376 g/mol. The van der Waals surface area contributed by atoms with Crippen molar-refractivity contribution in [2.24, 2.45) is 0 Å². The number of benzene rings is 1. The van der Waals surface area contributed by atoms with Crippen molar-refractivity contribution >= 4 is 21.9 Å². The van der Waals surface area contributed by atoms with Crippen molar-refractivity contribution in [3.8, 4) is 23.0 Å². The highest BCUT2D eigenvalue weighted by Crippen LogP contribution is 2.31. The van der Waals surface area contributed by atoms with Gasteiger partial charge in [0.1, 0.15) is 12.2 Å². The van der Waals surface area contributed by atoms with Crippen LogP contribution in [0.15, 0.2) is 33.3 Å². The molecule has 3 rings (SSSR count). The molecule has 1 aromatic carbocycles. The van der Waals surface area contributed by atoms with E-state index in [0.29, 0.717) is 21.7 Å². The van der Waals surface area contributed by atoms with Gasteiger partial charge in [0.25, 0.3) is 5.89 Å². The summed E-state index contributed by atoms with van der Waals surface area (Å²) >= 11 is 3.46. The molecule has 0 radical (unpaired) electrons. The summed E-state index contributed by atoms with van der Waals surface area (Å²) in [4.78, 5) is 16.0. The van der Waals surface area contributed by atoms with Gasteiger partial charge in [0.2, 0.25) is 5.82 Å². The summed E-state index contributed by atoms with van der Waals surface area (Å²) in [5.74, 6) is 0.344. The van der Waals surface area contributed by atoms with Gasteiger partial charge >= 0.3 is 5.97 Å². The number of aryl methyl sites for hydroxylation is 2. The third-order valence-corrected chi connectivity index (χ3v) is 4.42. The Hall–Kier alpha value is -2.48. The number of carbonyl (C=O) groups is 1. The van der Waals surface area contributed by atoms with Crippen LogP contribution in [-0.2, 0) is 16.1 Å². The summed E-state index contributed by atoms with van der Waals surface area (Å²) in [7, 11) is 1.33. The van der Waals surface area contributed by atoms with E-state index < -0.39 is 5.97 Å². The first-order chi connectivity index (χ1) is 11.5. The van der Waals surface area contributed by atoms with Crippen LogP contribution in [0, 0.1) is 13.8 Å². The average molecular weight is 391 g/mol. The fourth-order valence-electron chi connectivity index (χ4n) is 2.29. The third-order valence-electron chi connectivity index (χ3n) is 3.47. The molecule has 0 spiro atoms. The highest BCUT2D eigenvalue weighted by atomic mass is 79.9. The average Bonchev–Trinajstić information content (AvgIpc) is 3.13. The van der Waals surface area contributed by atoms with Crippen LogP contribution < -0.4 is 0 Å². The topological polar surface area (TPSA) is 83.0 Å². The van der Waals surface area contributed by atoms with E-state index in [1.165, 1.54) is 11.8 Å². The van der Waals surface area contributed by atoms with Crippen LogP contribution in [-0.4, -0.2) is 33.0 Å². The molecular formula is C16H15BrN4O3. The molecule has 0 bridgehead atoms. The number of hydrogen-bond donors (Lipinski definition) is 0. The molecule has 0 aliphatic carbocycles. The lowest BCUT2D eigenvalue weighted by Crippen LogP contribution is -2.13. The summed E-state index contributed by atoms with van der Waals surface area (Å²) in [6.45, 7) is 3.77. The molecule has 24 heavy (non-hydrogen) atoms. The zero-order valence-corrected chi connectivity index (χ0v) is 15.0. The highest BCUT2D eigenvalue weighted by molar-refractivity contribution is 9.10. The summed E-state index contributed by atoms with van der Waals surface area (Å²) in [6.07, 6.45) is 0. The van der Waals surface area contributed by atoms with E-state index in [9.17, 15) is 4.79 Å². The van der Waals surface area contributed by atoms with E-state index >= 15 is 0 Å². The molecule has 0 saturated carbocycles. The van der Waals surface area contributed by atoms with Gasteiger partial charge in [-0.25, -0.2) is 4.68 Å². The SMILES string of the molecule is COC(=O)Cn1nc(C)c(Br)c1-c1nc(-c2cccc(C)c2)no1. The van der Waals surface area contributed by atoms with Gasteiger partial charge in [-0.3, -0.25) is 4.79 Å². The van der Waals surface area contributed by atoms with Gasteiger partial charge in [0.05, 0.1) is 17.3 Å². The first-order valence-corrected chi connectivity index (χ1v) is 7.99. The van der Waals surface area contributed by atoms with Crippen LogP contribution in [0.4, 0.5) is 0 Å². The Bertz CT molecular complexity index is 901. The van der Waals surface area contributed by atoms with Crippen LogP contribution in [0.3, 0.4) is 0 Å². The van der Waals surface area contributed by atoms with E-state index in [1.54, 1.807) is 0 Å². The molecule has 0 saturated heterocycles. The van der Waals surface area contributed by atoms with E-state index in [-0.39, 0.29) is 12.4 Å². The number of hydrogen-bond acceptors (Lipinski definition) is 6. The molecule has 0 aliphatic heterocycles. The maximum Gasteiger partial charge on any atom is 0.327 e. The number of esters is 1. The van der Waals surface area contributed by atoms with E-state index in [2.05, 4.69) is 31.2 Å². The number of rotatable bonds is 4. The molecule has 7 nitrogen and oxygen atoms in total. The van der Waals surface area contributed by atoms with Crippen molar-refractivity contribution in [3.63, 3.8) is 0 Å². The fourth-order valence-corrected chi connectivity index (χ4v) is 2.74. The zero-order chi connectivity index (χ0) is 17.3. The maximum atomic E-state index is 11.6. The predicted molar refractivity (Wildman–Crippen MR) is 90.1 cm³/mol. The lowest BCUT2D eigenvalue weighted by atomic mass is 10.1. The molecule has 0 atom stereocenters. The zero-order valence-electron chi connectivity index (χ0n) is 13.4. The van der Waals surface area contributed by atoms with Crippen LogP contribution in [0.2, 0.25) is 0 Å². The molecule has 0 fully saturated rings. The third kappa shape index (κ3) is 3.09. The minimum Gasteiger partial charge on any atom is -0.468 e. The molecule has 0 unspecified atom stereocenters. The second-order valence-electron chi connectivity index (χ2n) is 5.27. The molecule has 0 N–H and O–H groups in total. The monoisotopic (exact) mass is 390 g/mol. The Balaban J connectivity index is 2.02. The molecule has 8 heteroatoms. The van der Waals surface area contributed by atoms with Gasteiger partial charge < -0.3 is 9.26 Å². The minimum atomic E-state index is -0.412. The maximum absolute atomic E-state index is 11.6. The lowest BCUT2D eigenvalue weighted by molar-refractivity contribution is -0.141. The quantitative estimate of drug-likeness (QED) is 0.636. The first kappa shape index (κ1) is 16.4. The number of methoxy groups -OCH3 is 1. The van der Waals surface area contributed by atoms with Gasteiger partial charge in [-0.2, -0.15) is 10.1 Å². The van der Waals surface area contributed by atoms with Crippen molar-refractivity contribution in [1.82, 2.24) is 19.9 Å². The number of carbonyl (C=O) groups excluding carboxylic acids is 1. The van der Waals surface area contributed by atoms with Gasteiger partial charge in [-0.1, -0.05) is 28.9 Å². The normalized spacial score (nSPS) is 10.8. The van der Waals surface area contributed by atoms with E-state index in [4.69, 9.17) is 9.26 Å². The van der Waals surface area contributed by atoms with Crippen molar-refractivity contribution in [3.05, 3.63) is 40.0 Å². The van der Waals surface area contributed by atoms with Crippen molar-refractivity contribution in [2.75, 3.05) is 7.11 Å². The number of halogens is 1.